The van der Waals surface area contributed by atoms with E-state index in [2.05, 4.69) is 41.0 Å². The van der Waals surface area contributed by atoms with E-state index in [1.54, 1.807) is 0 Å². The number of hydrogen-bond acceptors (Lipinski definition) is 3. The van der Waals surface area contributed by atoms with Crippen LogP contribution in [0.4, 0.5) is 5.69 Å². The summed E-state index contributed by atoms with van der Waals surface area (Å²) in [6, 6.07) is 8.15. The maximum absolute atomic E-state index is 12.7. The largest absolute Gasteiger partial charge is 0.377 e. The van der Waals surface area contributed by atoms with E-state index in [9.17, 15) is 9.59 Å². The van der Waals surface area contributed by atoms with Crippen LogP contribution in [-0.2, 0) is 9.59 Å². The molecule has 2 N–H and O–H groups in total. The Labute approximate surface area is 145 Å². The van der Waals surface area contributed by atoms with Crippen molar-refractivity contribution in [3.8, 4) is 0 Å². The van der Waals surface area contributed by atoms with Crippen molar-refractivity contribution in [1.29, 1.82) is 0 Å². The fourth-order valence-corrected chi connectivity index (χ4v) is 5.34. The molecular formula is C21H16N2O2. The lowest BCUT2D eigenvalue weighted by atomic mass is 9.66. The van der Waals surface area contributed by atoms with Crippen molar-refractivity contribution in [3.63, 3.8) is 0 Å². The molecule has 4 nitrogen and oxygen atoms in total. The molecule has 4 unspecified atom stereocenters. The van der Waals surface area contributed by atoms with E-state index in [0.717, 1.165) is 23.2 Å². The fraction of sp³-hybridized carbons (Fsp3) is 0.238. The number of nitrogens with one attached hydrogen (secondary N) is 2. The topological polar surface area (TPSA) is 58.2 Å². The molecule has 0 aromatic heterocycles. The van der Waals surface area contributed by atoms with Gasteiger partial charge in [-0.2, -0.15) is 0 Å². The SMILES string of the molecule is O=C1NC(=O)C2C1=C1c3ccccc3NC1C1C=C3CC=CC=C3C21. The van der Waals surface area contributed by atoms with Gasteiger partial charge in [0.05, 0.1) is 12.0 Å². The Kier molecular flexibility index (Phi) is 2.36. The van der Waals surface area contributed by atoms with Gasteiger partial charge in [-0.15, -0.1) is 0 Å². The Morgan fingerprint density at radius 2 is 1.96 bits per heavy atom. The summed E-state index contributed by atoms with van der Waals surface area (Å²) in [5.74, 6) is -0.475. The molecule has 122 valence electrons. The Hall–Kier alpha value is -2.88. The van der Waals surface area contributed by atoms with Crippen LogP contribution in [0, 0.1) is 17.8 Å². The van der Waals surface area contributed by atoms with Gasteiger partial charge in [0.25, 0.3) is 5.91 Å². The first-order chi connectivity index (χ1) is 12.2. The predicted molar refractivity (Wildman–Crippen MR) is 94.3 cm³/mol. The first-order valence-corrected chi connectivity index (χ1v) is 8.77. The van der Waals surface area contributed by atoms with Crippen molar-refractivity contribution >= 4 is 23.1 Å². The maximum Gasteiger partial charge on any atom is 0.254 e. The van der Waals surface area contributed by atoms with Crippen molar-refractivity contribution in [3.05, 3.63) is 70.9 Å². The van der Waals surface area contributed by atoms with Gasteiger partial charge in [-0.25, -0.2) is 0 Å². The molecule has 4 atom stereocenters. The average Bonchev–Trinajstić information content (AvgIpc) is 3.26. The number of rotatable bonds is 0. The first-order valence-electron chi connectivity index (χ1n) is 8.77. The molecule has 1 aromatic rings. The summed E-state index contributed by atoms with van der Waals surface area (Å²) in [6.07, 6.45) is 9.58. The normalized spacial score (nSPS) is 33.6. The number of amides is 2. The molecule has 2 aliphatic heterocycles. The van der Waals surface area contributed by atoms with E-state index >= 15 is 0 Å². The molecule has 25 heavy (non-hydrogen) atoms. The van der Waals surface area contributed by atoms with Crippen LogP contribution in [0.25, 0.3) is 5.57 Å². The van der Waals surface area contributed by atoms with Gasteiger partial charge in [0.1, 0.15) is 0 Å². The number of hydrogen-bond donors (Lipinski definition) is 2. The van der Waals surface area contributed by atoms with Crippen LogP contribution < -0.4 is 10.6 Å². The second-order valence-electron chi connectivity index (χ2n) is 7.34. The average molecular weight is 328 g/mol. The standard InChI is InChI=1S/C21H16N2O2/c24-20-17-15-11-6-2-1-5-10(11)9-13(15)19-16(18(17)21(25)23-20)12-7-3-4-8-14(12)22-19/h1-4,6-9,13,15,17,19,22H,5H2,(H,23,24,25). The molecule has 5 aliphatic rings. The third-order valence-electron chi connectivity index (χ3n) is 6.24. The number of carbonyl (C=O) groups excluding carboxylic acids is 2. The molecule has 2 amide bonds. The molecular weight excluding hydrogens is 312 g/mol. The van der Waals surface area contributed by atoms with Crippen LogP contribution in [0.5, 0.6) is 0 Å². The minimum atomic E-state index is -0.372. The molecule has 1 saturated heterocycles. The highest BCUT2D eigenvalue weighted by molar-refractivity contribution is 6.21. The maximum atomic E-state index is 12.7. The van der Waals surface area contributed by atoms with Crippen molar-refractivity contribution in [1.82, 2.24) is 5.32 Å². The monoisotopic (exact) mass is 328 g/mol. The number of para-hydroxylation sites is 1. The summed E-state index contributed by atoms with van der Waals surface area (Å²) in [6.45, 7) is 0. The molecule has 0 bridgehead atoms. The van der Waals surface area contributed by atoms with E-state index < -0.39 is 0 Å². The highest BCUT2D eigenvalue weighted by Crippen LogP contribution is 2.57. The predicted octanol–water partition coefficient (Wildman–Crippen LogP) is 2.58. The van der Waals surface area contributed by atoms with Gasteiger partial charge < -0.3 is 5.32 Å². The van der Waals surface area contributed by atoms with Gasteiger partial charge in [0.2, 0.25) is 5.91 Å². The van der Waals surface area contributed by atoms with Crippen LogP contribution in [0.2, 0.25) is 0 Å². The van der Waals surface area contributed by atoms with E-state index in [-0.39, 0.29) is 35.6 Å². The van der Waals surface area contributed by atoms with Gasteiger partial charge in [0, 0.05) is 28.7 Å². The Morgan fingerprint density at radius 3 is 2.88 bits per heavy atom. The Morgan fingerprint density at radius 1 is 1.08 bits per heavy atom. The molecule has 4 heteroatoms. The smallest absolute Gasteiger partial charge is 0.254 e. The molecule has 1 fully saturated rings. The second-order valence-corrected chi connectivity index (χ2v) is 7.34. The molecule has 0 spiro atoms. The van der Waals surface area contributed by atoms with Gasteiger partial charge in [-0.1, -0.05) is 42.5 Å². The lowest BCUT2D eigenvalue weighted by molar-refractivity contribution is -0.126. The van der Waals surface area contributed by atoms with Gasteiger partial charge in [-0.05, 0) is 29.2 Å². The lowest BCUT2D eigenvalue weighted by Gasteiger charge is -2.36. The highest BCUT2D eigenvalue weighted by Gasteiger charge is 2.57. The Balaban J connectivity index is 1.63. The summed E-state index contributed by atoms with van der Waals surface area (Å²) >= 11 is 0. The van der Waals surface area contributed by atoms with Crippen molar-refractivity contribution in [2.24, 2.45) is 17.8 Å². The summed E-state index contributed by atoms with van der Waals surface area (Å²) in [5, 5.41) is 6.20. The zero-order valence-corrected chi connectivity index (χ0v) is 13.5. The van der Waals surface area contributed by atoms with E-state index in [4.69, 9.17) is 0 Å². The molecule has 1 aromatic carbocycles. The zero-order valence-electron chi connectivity index (χ0n) is 13.5. The van der Waals surface area contributed by atoms with Crippen molar-refractivity contribution in [2.75, 3.05) is 5.32 Å². The van der Waals surface area contributed by atoms with E-state index in [1.807, 2.05) is 18.2 Å². The summed E-state index contributed by atoms with van der Waals surface area (Å²) in [7, 11) is 0. The number of fused-ring (bicyclic) bond motifs is 9. The van der Waals surface area contributed by atoms with Gasteiger partial charge in [0.15, 0.2) is 0 Å². The number of benzene rings is 1. The fourth-order valence-electron chi connectivity index (χ4n) is 5.34. The quantitative estimate of drug-likeness (QED) is 0.720. The molecule has 0 saturated carbocycles. The number of anilines is 1. The highest BCUT2D eigenvalue weighted by atomic mass is 16.2. The summed E-state index contributed by atoms with van der Waals surface area (Å²) < 4.78 is 0. The Bertz CT molecular complexity index is 995. The summed E-state index contributed by atoms with van der Waals surface area (Å²) in [4.78, 5) is 25.3. The molecule has 3 aliphatic carbocycles. The van der Waals surface area contributed by atoms with Crippen LogP contribution in [-0.4, -0.2) is 17.9 Å². The summed E-state index contributed by atoms with van der Waals surface area (Å²) in [5.41, 5.74) is 6.37. The van der Waals surface area contributed by atoms with E-state index in [0.29, 0.717) is 5.57 Å². The van der Waals surface area contributed by atoms with Crippen LogP contribution >= 0.6 is 0 Å². The molecule has 6 rings (SSSR count). The minimum absolute atomic E-state index is 0.0527. The molecule has 2 heterocycles. The second kappa shape index (κ2) is 4.39. The number of imide groups is 1. The third-order valence-corrected chi connectivity index (χ3v) is 6.24. The van der Waals surface area contributed by atoms with Gasteiger partial charge >= 0.3 is 0 Å². The first kappa shape index (κ1) is 13.4. The zero-order chi connectivity index (χ0) is 16.7. The van der Waals surface area contributed by atoms with Crippen LogP contribution in [0.3, 0.4) is 0 Å². The van der Waals surface area contributed by atoms with Crippen molar-refractivity contribution < 1.29 is 9.59 Å². The third kappa shape index (κ3) is 1.53. The number of allylic oxidation sites excluding steroid dienone is 5. The van der Waals surface area contributed by atoms with E-state index in [1.165, 1.54) is 11.1 Å². The number of carbonyl (C=O) groups is 2. The lowest BCUT2D eigenvalue weighted by Crippen LogP contribution is -2.40. The van der Waals surface area contributed by atoms with Gasteiger partial charge in [-0.3, -0.25) is 14.9 Å². The van der Waals surface area contributed by atoms with Crippen LogP contribution in [0.15, 0.2) is 65.3 Å². The minimum Gasteiger partial charge on any atom is -0.377 e. The molecule has 0 radical (unpaired) electrons. The van der Waals surface area contributed by atoms with Crippen LogP contribution in [0.1, 0.15) is 12.0 Å². The van der Waals surface area contributed by atoms with Crippen molar-refractivity contribution in [2.45, 2.75) is 12.5 Å².